The molecule has 3 heteroatoms. The largest absolute Gasteiger partial charge is 0.290 e. The van der Waals surface area contributed by atoms with Crippen molar-refractivity contribution >= 4 is 11.3 Å². The average Bonchev–Trinajstić information content (AvgIpc) is 3.09. The van der Waals surface area contributed by atoms with Gasteiger partial charge in [0.15, 0.2) is 0 Å². The average molecular weight is 272 g/mol. The van der Waals surface area contributed by atoms with Crippen molar-refractivity contribution in [3.8, 4) is 0 Å². The Morgan fingerprint density at radius 2 is 2.16 bits per heavy atom. The standard InChI is InChI=1S/C16H20N2S/c1-2-16-17-14(12-19-16)11-18-10-6-9-15(18)13-7-4-3-5-8-13/h3-5,7-8,12,15H,2,6,9-11H2,1H3. The third kappa shape index (κ3) is 2.88. The molecule has 2 heterocycles. The van der Waals surface area contributed by atoms with Crippen molar-refractivity contribution in [3.63, 3.8) is 0 Å². The first kappa shape index (κ1) is 12.8. The molecular weight excluding hydrogens is 252 g/mol. The Labute approximate surface area is 119 Å². The van der Waals surface area contributed by atoms with Crippen LogP contribution in [0.2, 0.25) is 0 Å². The molecule has 19 heavy (non-hydrogen) atoms. The number of likely N-dealkylation sites (tertiary alicyclic amines) is 1. The van der Waals surface area contributed by atoms with Gasteiger partial charge in [-0.2, -0.15) is 0 Å². The van der Waals surface area contributed by atoms with Crippen LogP contribution in [0, 0.1) is 0 Å². The molecule has 0 saturated carbocycles. The van der Waals surface area contributed by atoms with Gasteiger partial charge in [-0.15, -0.1) is 11.3 Å². The molecule has 0 spiro atoms. The summed E-state index contributed by atoms with van der Waals surface area (Å²) in [7, 11) is 0. The van der Waals surface area contributed by atoms with Crippen LogP contribution >= 0.6 is 11.3 Å². The van der Waals surface area contributed by atoms with E-state index in [0.29, 0.717) is 6.04 Å². The van der Waals surface area contributed by atoms with E-state index < -0.39 is 0 Å². The molecule has 2 aromatic rings. The lowest BCUT2D eigenvalue weighted by atomic mass is 10.0. The van der Waals surface area contributed by atoms with E-state index in [2.05, 4.69) is 47.5 Å². The highest BCUT2D eigenvalue weighted by Crippen LogP contribution is 2.33. The Hall–Kier alpha value is -1.19. The van der Waals surface area contributed by atoms with Crippen LogP contribution in [-0.2, 0) is 13.0 Å². The van der Waals surface area contributed by atoms with Crippen molar-refractivity contribution in [2.75, 3.05) is 6.54 Å². The summed E-state index contributed by atoms with van der Waals surface area (Å²) >= 11 is 1.79. The number of hydrogen-bond acceptors (Lipinski definition) is 3. The summed E-state index contributed by atoms with van der Waals surface area (Å²) in [6.07, 6.45) is 3.62. The molecule has 1 unspecified atom stereocenters. The molecule has 0 bridgehead atoms. The summed E-state index contributed by atoms with van der Waals surface area (Å²) in [6.45, 7) is 4.36. The highest BCUT2D eigenvalue weighted by Gasteiger charge is 2.26. The zero-order valence-electron chi connectivity index (χ0n) is 11.4. The topological polar surface area (TPSA) is 16.1 Å². The molecule has 100 valence electrons. The monoisotopic (exact) mass is 272 g/mol. The summed E-state index contributed by atoms with van der Waals surface area (Å²) in [5.41, 5.74) is 2.69. The van der Waals surface area contributed by atoms with Crippen molar-refractivity contribution in [2.24, 2.45) is 0 Å². The first-order valence-electron chi connectivity index (χ1n) is 7.09. The lowest BCUT2D eigenvalue weighted by Crippen LogP contribution is -2.22. The van der Waals surface area contributed by atoms with Crippen LogP contribution in [0.3, 0.4) is 0 Å². The fraction of sp³-hybridized carbons (Fsp3) is 0.438. The van der Waals surface area contributed by atoms with Gasteiger partial charge in [-0.1, -0.05) is 37.3 Å². The Morgan fingerprint density at radius 1 is 1.32 bits per heavy atom. The van der Waals surface area contributed by atoms with E-state index in [0.717, 1.165) is 13.0 Å². The molecule has 1 aliphatic rings. The van der Waals surface area contributed by atoms with Crippen LogP contribution in [0.5, 0.6) is 0 Å². The maximum atomic E-state index is 4.70. The Kier molecular flexibility index (Phi) is 3.95. The fourth-order valence-corrected chi connectivity index (χ4v) is 3.60. The molecule has 1 fully saturated rings. The Bertz CT molecular complexity index is 521. The maximum Gasteiger partial charge on any atom is 0.0926 e. The fourth-order valence-electron chi connectivity index (χ4n) is 2.86. The van der Waals surface area contributed by atoms with E-state index in [9.17, 15) is 0 Å². The smallest absolute Gasteiger partial charge is 0.0926 e. The van der Waals surface area contributed by atoms with Gasteiger partial charge in [0.05, 0.1) is 10.7 Å². The summed E-state index contributed by atoms with van der Waals surface area (Å²) in [6, 6.07) is 11.5. The van der Waals surface area contributed by atoms with Crippen molar-refractivity contribution in [1.29, 1.82) is 0 Å². The van der Waals surface area contributed by atoms with Crippen molar-refractivity contribution in [3.05, 3.63) is 52.0 Å². The normalized spacial score (nSPS) is 19.9. The quantitative estimate of drug-likeness (QED) is 0.835. The van der Waals surface area contributed by atoms with Crippen LogP contribution in [0.1, 0.15) is 42.1 Å². The third-order valence-electron chi connectivity index (χ3n) is 3.81. The van der Waals surface area contributed by atoms with E-state index >= 15 is 0 Å². The van der Waals surface area contributed by atoms with Crippen molar-refractivity contribution < 1.29 is 0 Å². The van der Waals surface area contributed by atoms with Gasteiger partial charge in [0.1, 0.15) is 0 Å². The zero-order valence-corrected chi connectivity index (χ0v) is 12.2. The minimum Gasteiger partial charge on any atom is -0.290 e. The molecule has 1 saturated heterocycles. The molecule has 1 aromatic heterocycles. The summed E-state index contributed by atoms with van der Waals surface area (Å²) in [5, 5.41) is 3.48. The van der Waals surface area contributed by atoms with Crippen LogP contribution in [0.15, 0.2) is 35.7 Å². The predicted molar refractivity (Wildman–Crippen MR) is 80.3 cm³/mol. The Morgan fingerprint density at radius 3 is 2.89 bits per heavy atom. The maximum absolute atomic E-state index is 4.70. The van der Waals surface area contributed by atoms with Gasteiger partial charge < -0.3 is 0 Å². The van der Waals surface area contributed by atoms with Gasteiger partial charge in [0.2, 0.25) is 0 Å². The minimum atomic E-state index is 0.577. The van der Waals surface area contributed by atoms with E-state index in [-0.39, 0.29) is 0 Å². The number of thiazole rings is 1. The van der Waals surface area contributed by atoms with Gasteiger partial charge >= 0.3 is 0 Å². The summed E-state index contributed by atoms with van der Waals surface area (Å²) in [5.74, 6) is 0. The van der Waals surface area contributed by atoms with Crippen LogP contribution in [0.25, 0.3) is 0 Å². The van der Waals surface area contributed by atoms with E-state index in [1.165, 1.54) is 35.7 Å². The molecule has 3 rings (SSSR count). The molecule has 0 N–H and O–H groups in total. The second kappa shape index (κ2) is 5.85. The molecule has 1 aromatic carbocycles. The van der Waals surface area contributed by atoms with Crippen LogP contribution in [0.4, 0.5) is 0 Å². The Balaban J connectivity index is 1.73. The molecule has 1 atom stereocenters. The predicted octanol–water partition coefficient (Wildman–Crippen LogP) is 4.04. The van der Waals surface area contributed by atoms with Gasteiger partial charge in [-0.05, 0) is 31.4 Å². The first-order valence-corrected chi connectivity index (χ1v) is 7.97. The number of rotatable bonds is 4. The van der Waals surface area contributed by atoms with Crippen LogP contribution < -0.4 is 0 Å². The van der Waals surface area contributed by atoms with Crippen molar-refractivity contribution in [2.45, 2.75) is 38.8 Å². The van der Waals surface area contributed by atoms with Gasteiger partial charge in [0.25, 0.3) is 0 Å². The highest BCUT2D eigenvalue weighted by molar-refractivity contribution is 7.09. The summed E-state index contributed by atoms with van der Waals surface area (Å²) in [4.78, 5) is 7.27. The lowest BCUT2D eigenvalue weighted by Gasteiger charge is -2.23. The number of benzene rings is 1. The second-order valence-electron chi connectivity index (χ2n) is 5.13. The molecule has 1 aliphatic heterocycles. The summed E-state index contributed by atoms with van der Waals surface area (Å²) < 4.78 is 0. The highest BCUT2D eigenvalue weighted by atomic mass is 32.1. The lowest BCUT2D eigenvalue weighted by molar-refractivity contribution is 0.246. The van der Waals surface area contributed by atoms with Gasteiger partial charge in [-0.25, -0.2) is 4.98 Å². The molecule has 2 nitrogen and oxygen atoms in total. The zero-order chi connectivity index (χ0) is 13.1. The second-order valence-corrected chi connectivity index (χ2v) is 6.07. The molecular formula is C16H20N2S. The molecule has 0 amide bonds. The van der Waals surface area contributed by atoms with E-state index in [1.54, 1.807) is 11.3 Å². The number of aryl methyl sites for hydroxylation is 1. The van der Waals surface area contributed by atoms with Gasteiger partial charge in [0, 0.05) is 18.0 Å². The number of aromatic nitrogens is 1. The van der Waals surface area contributed by atoms with Gasteiger partial charge in [-0.3, -0.25) is 4.90 Å². The molecule has 0 aliphatic carbocycles. The minimum absolute atomic E-state index is 0.577. The number of hydrogen-bond donors (Lipinski definition) is 0. The van der Waals surface area contributed by atoms with E-state index in [1.807, 2.05) is 0 Å². The number of nitrogens with zero attached hydrogens (tertiary/aromatic N) is 2. The first-order chi connectivity index (χ1) is 9.36. The molecule has 0 radical (unpaired) electrons. The van der Waals surface area contributed by atoms with Crippen molar-refractivity contribution in [1.82, 2.24) is 9.88 Å². The van der Waals surface area contributed by atoms with Crippen LogP contribution in [-0.4, -0.2) is 16.4 Å². The van der Waals surface area contributed by atoms with E-state index in [4.69, 9.17) is 4.98 Å². The SMILES string of the molecule is CCc1nc(CN2CCCC2c2ccccc2)cs1. The third-order valence-corrected chi connectivity index (χ3v) is 4.86.